The van der Waals surface area contributed by atoms with E-state index in [1.54, 1.807) is 19.9 Å². The van der Waals surface area contributed by atoms with E-state index in [1.807, 2.05) is 6.92 Å². The van der Waals surface area contributed by atoms with Crippen molar-refractivity contribution in [3.63, 3.8) is 0 Å². The number of rotatable bonds is 5. The van der Waals surface area contributed by atoms with Crippen LogP contribution >= 0.6 is 0 Å². The molecule has 118 valence electrons. The average molecular weight is 294 g/mol. The van der Waals surface area contributed by atoms with Gasteiger partial charge < -0.3 is 9.47 Å². The molecule has 0 saturated carbocycles. The summed E-state index contributed by atoms with van der Waals surface area (Å²) < 4.78 is 9.98. The van der Waals surface area contributed by atoms with Crippen LogP contribution in [-0.2, 0) is 19.1 Å². The Morgan fingerprint density at radius 2 is 1.76 bits per heavy atom. The normalized spacial score (nSPS) is 20.2. The second kappa shape index (κ2) is 7.43. The van der Waals surface area contributed by atoms with Crippen LogP contribution < -0.4 is 0 Å². The molecule has 1 unspecified atom stereocenters. The molecule has 0 bridgehead atoms. The lowest BCUT2D eigenvalue weighted by molar-refractivity contribution is -0.146. The predicted molar refractivity (Wildman–Crippen MR) is 81.6 cm³/mol. The van der Waals surface area contributed by atoms with Gasteiger partial charge in [0.2, 0.25) is 0 Å². The first-order valence-electron chi connectivity index (χ1n) is 7.56. The Bertz CT molecular complexity index is 437. The maximum absolute atomic E-state index is 12.0. The third kappa shape index (κ3) is 4.45. The molecule has 0 N–H and O–H groups in total. The summed E-state index contributed by atoms with van der Waals surface area (Å²) in [7, 11) is 0. The van der Waals surface area contributed by atoms with Crippen molar-refractivity contribution in [2.75, 3.05) is 13.2 Å². The Balaban J connectivity index is 3.16. The largest absolute Gasteiger partial charge is 0.462 e. The summed E-state index contributed by atoms with van der Waals surface area (Å²) in [4.78, 5) is 24.1. The summed E-state index contributed by atoms with van der Waals surface area (Å²) in [6.07, 6.45) is 5.93. The van der Waals surface area contributed by atoms with Crippen LogP contribution in [0, 0.1) is 11.3 Å². The third-order valence-corrected chi connectivity index (χ3v) is 3.91. The van der Waals surface area contributed by atoms with E-state index in [4.69, 9.17) is 9.47 Å². The minimum Gasteiger partial charge on any atom is -0.462 e. The van der Waals surface area contributed by atoms with Crippen LogP contribution in [0.25, 0.3) is 0 Å². The fraction of sp³-hybridized carbons (Fsp3) is 0.647. The van der Waals surface area contributed by atoms with Crippen molar-refractivity contribution in [2.45, 2.75) is 47.5 Å². The second-order valence-corrected chi connectivity index (χ2v) is 5.97. The minimum absolute atomic E-state index is 0.00305. The summed E-state index contributed by atoms with van der Waals surface area (Å²) in [6, 6.07) is 0. The number of ether oxygens (including phenoxy) is 2. The molecule has 0 aromatic rings. The molecule has 4 nitrogen and oxygen atoms in total. The number of allylic oxidation sites excluding steroid dienone is 3. The van der Waals surface area contributed by atoms with Crippen molar-refractivity contribution in [3.05, 3.63) is 23.3 Å². The van der Waals surface area contributed by atoms with Crippen molar-refractivity contribution in [3.8, 4) is 0 Å². The quantitative estimate of drug-likeness (QED) is 0.256. The van der Waals surface area contributed by atoms with Crippen LogP contribution in [0.5, 0.6) is 0 Å². The van der Waals surface area contributed by atoms with Crippen LogP contribution in [0.3, 0.4) is 0 Å². The van der Waals surface area contributed by atoms with Gasteiger partial charge in [0.1, 0.15) is 5.57 Å². The van der Waals surface area contributed by atoms with E-state index in [9.17, 15) is 9.59 Å². The van der Waals surface area contributed by atoms with Crippen molar-refractivity contribution in [2.24, 2.45) is 11.3 Å². The van der Waals surface area contributed by atoms with Gasteiger partial charge in [0.25, 0.3) is 0 Å². The SMILES string of the molecule is CCOC(=O)C(=CC1C(C)=CCCC1(C)C)C(=O)OCC. The van der Waals surface area contributed by atoms with Crippen LogP contribution in [0.4, 0.5) is 0 Å². The molecule has 0 radical (unpaired) electrons. The molecule has 0 aliphatic heterocycles. The molecule has 0 amide bonds. The lowest BCUT2D eigenvalue weighted by Crippen LogP contribution is -2.29. The first-order valence-corrected chi connectivity index (χ1v) is 7.56. The second-order valence-electron chi connectivity index (χ2n) is 5.97. The highest BCUT2D eigenvalue weighted by atomic mass is 16.6. The Hall–Kier alpha value is -1.58. The summed E-state index contributed by atoms with van der Waals surface area (Å²) >= 11 is 0. The van der Waals surface area contributed by atoms with Gasteiger partial charge in [-0.3, -0.25) is 0 Å². The molecule has 1 aliphatic rings. The van der Waals surface area contributed by atoms with Crippen molar-refractivity contribution >= 4 is 11.9 Å². The summed E-state index contributed by atoms with van der Waals surface area (Å²) in [5.41, 5.74) is 1.19. The molecule has 0 heterocycles. The molecule has 0 spiro atoms. The van der Waals surface area contributed by atoms with Crippen molar-refractivity contribution < 1.29 is 19.1 Å². The summed E-state index contributed by atoms with van der Waals surface area (Å²) in [5, 5.41) is 0. The molecule has 4 heteroatoms. The van der Waals surface area contributed by atoms with Gasteiger partial charge in [0, 0.05) is 5.92 Å². The first-order chi connectivity index (χ1) is 9.83. The standard InChI is InChI=1S/C17H26O4/c1-6-20-15(18)13(16(19)21-7-2)11-14-12(3)9-8-10-17(14,4)5/h9,11,14H,6-8,10H2,1-5H3. The van der Waals surface area contributed by atoms with Crippen molar-refractivity contribution in [1.82, 2.24) is 0 Å². The summed E-state index contributed by atoms with van der Waals surface area (Å²) in [5.74, 6) is -1.18. The molecule has 1 aliphatic carbocycles. The van der Waals surface area contributed by atoms with Crippen molar-refractivity contribution in [1.29, 1.82) is 0 Å². The van der Waals surface area contributed by atoms with E-state index in [1.165, 1.54) is 5.57 Å². The predicted octanol–water partition coefficient (Wildman–Crippen LogP) is 3.42. The monoisotopic (exact) mass is 294 g/mol. The van der Waals surface area contributed by atoms with E-state index in [0.29, 0.717) is 0 Å². The minimum atomic E-state index is -0.606. The van der Waals surface area contributed by atoms with Gasteiger partial charge in [-0.05, 0) is 39.0 Å². The maximum atomic E-state index is 12.0. The van der Waals surface area contributed by atoms with Gasteiger partial charge in [-0.1, -0.05) is 31.6 Å². The number of carbonyl (C=O) groups is 2. The number of esters is 2. The smallest absolute Gasteiger partial charge is 0.345 e. The van der Waals surface area contributed by atoms with Gasteiger partial charge in [-0.25, -0.2) is 9.59 Å². The lowest BCUT2D eigenvalue weighted by Gasteiger charge is -2.37. The van der Waals surface area contributed by atoms with Crippen LogP contribution in [0.15, 0.2) is 23.3 Å². The highest BCUT2D eigenvalue weighted by molar-refractivity contribution is 6.14. The Morgan fingerprint density at radius 3 is 2.19 bits per heavy atom. The fourth-order valence-electron chi connectivity index (χ4n) is 2.73. The lowest BCUT2D eigenvalue weighted by atomic mass is 9.68. The fourth-order valence-corrected chi connectivity index (χ4v) is 2.73. The van der Waals surface area contributed by atoms with Crippen LogP contribution in [0.1, 0.15) is 47.5 Å². The van der Waals surface area contributed by atoms with E-state index in [-0.39, 0.29) is 30.1 Å². The van der Waals surface area contributed by atoms with Crippen LogP contribution in [0.2, 0.25) is 0 Å². The van der Waals surface area contributed by atoms with E-state index >= 15 is 0 Å². The molecule has 0 saturated heterocycles. The summed E-state index contributed by atoms with van der Waals surface area (Å²) in [6.45, 7) is 10.2. The zero-order valence-corrected chi connectivity index (χ0v) is 13.7. The zero-order chi connectivity index (χ0) is 16.0. The average Bonchev–Trinajstić information content (AvgIpc) is 2.38. The molecule has 21 heavy (non-hydrogen) atoms. The molecule has 0 aromatic heterocycles. The zero-order valence-electron chi connectivity index (χ0n) is 13.7. The molecule has 0 fully saturated rings. The van der Waals surface area contributed by atoms with E-state index in [0.717, 1.165) is 12.8 Å². The topological polar surface area (TPSA) is 52.6 Å². The molecular weight excluding hydrogens is 268 g/mol. The van der Waals surface area contributed by atoms with Gasteiger partial charge in [0.05, 0.1) is 13.2 Å². The maximum Gasteiger partial charge on any atom is 0.345 e. The number of carbonyl (C=O) groups excluding carboxylic acids is 2. The molecular formula is C17H26O4. The molecule has 0 aromatic carbocycles. The molecule has 1 rings (SSSR count). The highest BCUT2D eigenvalue weighted by Crippen LogP contribution is 2.42. The van der Waals surface area contributed by atoms with Gasteiger partial charge >= 0.3 is 11.9 Å². The third-order valence-electron chi connectivity index (χ3n) is 3.91. The van der Waals surface area contributed by atoms with Gasteiger partial charge in [-0.2, -0.15) is 0 Å². The Kier molecular flexibility index (Phi) is 6.19. The van der Waals surface area contributed by atoms with E-state index < -0.39 is 11.9 Å². The van der Waals surface area contributed by atoms with Crippen LogP contribution in [-0.4, -0.2) is 25.2 Å². The molecule has 1 atom stereocenters. The van der Waals surface area contributed by atoms with Gasteiger partial charge in [-0.15, -0.1) is 0 Å². The number of hydrogen-bond acceptors (Lipinski definition) is 4. The Labute approximate surface area is 127 Å². The van der Waals surface area contributed by atoms with E-state index in [2.05, 4.69) is 19.9 Å². The number of hydrogen-bond donors (Lipinski definition) is 0. The van der Waals surface area contributed by atoms with Gasteiger partial charge in [0.15, 0.2) is 0 Å². The first kappa shape index (κ1) is 17.5. The highest BCUT2D eigenvalue weighted by Gasteiger charge is 2.34. The Morgan fingerprint density at radius 1 is 1.24 bits per heavy atom.